The summed E-state index contributed by atoms with van der Waals surface area (Å²) >= 11 is 0. The summed E-state index contributed by atoms with van der Waals surface area (Å²) in [5.41, 5.74) is 0.262. The predicted molar refractivity (Wildman–Crippen MR) is 115 cm³/mol. The number of nitrogens with one attached hydrogen (secondary N) is 2. The van der Waals surface area contributed by atoms with Crippen LogP contribution in [0.3, 0.4) is 0 Å². The number of likely N-dealkylation sites (N-methyl/N-ethyl adjacent to an activating group) is 1. The van der Waals surface area contributed by atoms with Gasteiger partial charge < -0.3 is 15.2 Å². The Labute approximate surface area is 169 Å². The molecule has 0 aliphatic rings. The first kappa shape index (κ1) is 20.5. The van der Waals surface area contributed by atoms with Crippen molar-refractivity contribution in [2.45, 2.75) is 19.9 Å². The highest BCUT2D eigenvalue weighted by molar-refractivity contribution is 5.97. The molecule has 1 heterocycles. The zero-order valence-electron chi connectivity index (χ0n) is 17.1. The van der Waals surface area contributed by atoms with Crippen LogP contribution < -0.4 is 16.6 Å². The Hall–Kier alpha value is -3.19. The van der Waals surface area contributed by atoms with Crippen LogP contribution in [-0.2, 0) is 0 Å². The number of aromatic amines is 1. The molecule has 0 saturated heterocycles. The molecule has 0 spiro atoms. The lowest BCUT2D eigenvalue weighted by Crippen LogP contribution is -2.43. The minimum absolute atomic E-state index is 0.206. The SMILES string of the molecule is CC(C)C(CNC(=O)c1ccc2c(=O)n(-c3ccccc3)c(=O)[nH]c2c1)N(C)C. The van der Waals surface area contributed by atoms with Gasteiger partial charge in [0.15, 0.2) is 0 Å². The molecule has 3 aromatic rings. The Kier molecular flexibility index (Phi) is 5.98. The number of amides is 1. The smallest absolute Gasteiger partial charge is 0.333 e. The molecule has 1 atom stereocenters. The van der Waals surface area contributed by atoms with E-state index in [9.17, 15) is 14.4 Å². The lowest BCUT2D eigenvalue weighted by molar-refractivity contribution is 0.0935. The van der Waals surface area contributed by atoms with E-state index in [-0.39, 0.29) is 11.9 Å². The van der Waals surface area contributed by atoms with Crippen LogP contribution in [0.15, 0.2) is 58.1 Å². The van der Waals surface area contributed by atoms with Crippen molar-refractivity contribution in [1.29, 1.82) is 0 Å². The number of aromatic nitrogens is 2. The van der Waals surface area contributed by atoms with E-state index in [1.54, 1.807) is 42.5 Å². The van der Waals surface area contributed by atoms with Gasteiger partial charge in [0.05, 0.1) is 16.6 Å². The molecule has 1 amide bonds. The highest BCUT2D eigenvalue weighted by Crippen LogP contribution is 2.12. The van der Waals surface area contributed by atoms with Crippen LogP contribution in [0.5, 0.6) is 0 Å². The maximum absolute atomic E-state index is 12.8. The molecule has 2 N–H and O–H groups in total. The molecule has 0 fully saturated rings. The third-order valence-electron chi connectivity index (χ3n) is 5.08. The number of para-hydroxylation sites is 1. The van der Waals surface area contributed by atoms with Crippen molar-refractivity contribution in [3.63, 3.8) is 0 Å². The molecule has 7 nitrogen and oxygen atoms in total. The van der Waals surface area contributed by atoms with Crippen LogP contribution in [0.25, 0.3) is 16.6 Å². The zero-order valence-corrected chi connectivity index (χ0v) is 17.1. The van der Waals surface area contributed by atoms with Gasteiger partial charge in [0.25, 0.3) is 11.5 Å². The molecule has 3 rings (SSSR count). The number of rotatable bonds is 6. The van der Waals surface area contributed by atoms with Crippen LogP contribution in [-0.4, -0.2) is 47.0 Å². The van der Waals surface area contributed by atoms with E-state index in [4.69, 9.17) is 0 Å². The molecule has 152 valence electrons. The second kappa shape index (κ2) is 8.45. The molecule has 0 aliphatic heterocycles. The number of H-pyrrole nitrogens is 1. The molecule has 29 heavy (non-hydrogen) atoms. The van der Waals surface area contributed by atoms with Crippen LogP contribution in [0.2, 0.25) is 0 Å². The predicted octanol–water partition coefficient (Wildman–Crippen LogP) is 2.00. The van der Waals surface area contributed by atoms with E-state index >= 15 is 0 Å². The van der Waals surface area contributed by atoms with Gasteiger partial charge in [0.1, 0.15) is 0 Å². The van der Waals surface area contributed by atoms with Crippen LogP contribution in [0.1, 0.15) is 24.2 Å². The first-order valence-corrected chi connectivity index (χ1v) is 9.58. The third kappa shape index (κ3) is 4.30. The Balaban J connectivity index is 1.92. The largest absolute Gasteiger partial charge is 0.350 e. The molecule has 1 aromatic heterocycles. The van der Waals surface area contributed by atoms with Gasteiger partial charge in [-0.15, -0.1) is 0 Å². The van der Waals surface area contributed by atoms with Crippen molar-refractivity contribution in [2.24, 2.45) is 5.92 Å². The topological polar surface area (TPSA) is 87.2 Å². The zero-order chi connectivity index (χ0) is 21.1. The Morgan fingerprint density at radius 2 is 1.79 bits per heavy atom. The summed E-state index contributed by atoms with van der Waals surface area (Å²) in [4.78, 5) is 42.7. The minimum atomic E-state index is -0.543. The minimum Gasteiger partial charge on any atom is -0.350 e. The lowest BCUT2D eigenvalue weighted by atomic mass is 10.0. The van der Waals surface area contributed by atoms with Crippen LogP contribution in [0.4, 0.5) is 0 Å². The van der Waals surface area contributed by atoms with Gasteiger partial charge in [0, 0.05) is 18.2 Å². The number of benzene rings is 2. The van der Waals surface area contributed by atoms with Crippen LogP contribution in [0, 0.1) is 5.92 Å². The van der Waals surface area contributed by atoms with Crippen LogP contribution >= 0.6 is 0 Å². The number of hydrogen-bond donors (Lipinski definition) is 2. The molecule has 0 radical (unpaired) electrons. The summed E-state index contributed by atoms with van der Waals surface area (Å²) < 4.78 is 1.09. The van der Waals surface area contributed by atoms with Gasteiger partial charge in [-0.25, -0.2) is 9.36 Å². The van der Waals surface area contributed by atoms with E-state index in [0.29, 0.717) is 34.6 Å². The highest BCUT2D eigenvalue weighted by Gasteiger charge is 2.18. The van der Waals surface area contributed by atoms with E-state index in [1.165, 1.54) is 0 Å². The molecular weight excluding hydrogens is 368 g/mol. The first-order chi connectivity index (χ1) is 13.8. The number of carbonyl (C=O) groups is 1. The van der Waals surface area contributed by atoms with Crippen molar-refractivity contribution < 1.29 is 4.79 Å². The number of fused-ring (bicyclic) bond motifs is 1. The average molecular weight is 394 g/mol. The fraction of sp³-hybridized carbons (Fsp3) is 0.318. The van der Waals surface area contributed by atoms with Crippen molar-refractivity contribution in [2.75, 3.05) is 20.6 Å². The highest BCUT2D eigenvalue weighted by atomic mass is 16.2. The quantitative estimate of drug-likeness (QED) is 0.669. The van der Waals surface area contributed by atoms with E-state index < -0.39 is 11.2 Å². The van der Waals surface area contributed by atoms with Gasteiger partial charge >= 0.3 is 5.69 Å². The second-order valence-electron chi connectivity index (χ2n) is 7.65. The van der Waals surface area contributed by atoms with Crippen molar-refractivity contribution in [3.05, 3.63) is 74.9 Å². The van der Waals surface area contributed by atoms with Gasteiger partial charge in [-0.05, 0) is 50.3 Å². The van der Waals surface area contributed by atoms with Crippen molar-refractivity contribution in [1.82, 2.24) is 19.8 Å². The monoisotopic (exact) mass is 394 g/mol. The summed E-state index contributed by atoms with van der Waals surface area (Å²) in [7, 11) is 3.96. The number of hydrogen-bond acceptors (Lipinski definition) is 4. The normalized spacial score (nSPS) is 12.5. The molecule has 7 heteroatoms. The van der Waals surface area contributed by atoms with Gasteiger partial charge in [0.2, 0.25) is 0 Å². The summed E-state index contributed by atoms with van der Waals surface area (Å²) in [5.74, 6) is 0.141. The van der Waals surface area contributed by atoms with Gasteiger partial charge in [-0.1, -0.05) is 32.0 Å². The molecule has 1 unspecified atom stereocenters. The fourth-order valence-corrected chi connectivity index (χ4v) is 3.48. The van der Waals surface area contributed by atoms with Gasteiger partial charge in [-0.2, -0.15) is 0 Å². The fourth-order valence-electron chi connectivity index (χ4n) is 3.48. The summed E-state index contributed by atoms with van der Waals surface area (Å²) in [6.45, 7) is 4.72. The molecule has 0 aliphatic carbocycles. The Morgan fingerprint density at radius 3 is 2.41 bits per heavy atom. The summed E-state index contributed by atoms with van der Waals surface area (Å²) in [5, 5.41) is 3.28. The average Bonchev–Trinajstić information content (AvgIpc) is 2.67. The van der Waals surface area contributed by atoms with E-state index in [2.05, 4.69) is 29.0 Å². The second-order valence-corrected chi connectivity index (χ2v) is 7.65. The third-order valence-corrected chi connectivity index (χ3v) is 5.08. The van der Waals surface area contributed by atoms with E-state index in [1.807, 2.05) is 20.2 Å². The number of carbonyl (C=O) groups excluding carboxylic acids is 1. The summed E-state index contributed by atoms with van der Waals surface area (Å²) in [6, 6.07) is 13.7. The summed E-state index contributed by atoms with van der Waals surface area (Å²) in [6.07, 6.45) is 0. The molecule has 0 bridgehead atoms. The standard InChI is InChI=1S/C22H26N4O3/c1-14(2)19(25(3)4)13-23-20(27)15-10-11-17-18(12-15)24-22(29)26(21(17)28)16-8-6-5-7-9-16/h5-12,14,19H,13H2,1-4H3,(H,23,27)(H,24,29). The molecule has 2 aromatic carbocycles. The molecule has 0 saturated carbocycles. The van der Waals surface area contributed by atoms with Crippen molar-refractivity contribution >= 4 is 16.8 Å². The first-order valence-electron chi connectivity index (χ1n) is 9.58. The van der Waals surface area contributed by atoms with Gasteiger partial charge in [-0.3, -0.25) is 9.59 Å². The van der Waals surface area contributed by atoms with E-state index in [0.717, 1.165) is 4.57 Å². The Morgan fingerprint density at radius 1 is 1.10 bits per heavy atom. The maximum atomic E-state index is 12.8. The molecular formula is C22H26N4O3. The lowest BCUT2D eigenvalue weighted by Gasteiger charge is -2.28. The number of nitrogens with zero attached hydrogens (tertiary/aromatic N) is 2. The maximum Gasteiger partial charge on any atom is 0.333 e. The van der Waals surface area contributed by atoms with Crippen molar-refractivity contribution in [3.8, 4) is 5.69 Å². The Bertz CT molecular complexity index is 1120.